The second-order valence-corrected chi connectivity index (χ2v) is 7.67. The number of amides is 1. The molecule has 0 spiro atoms. The third kappa shape index (κ3) is 6.08. The van der Waals surface area contributed by atoms with E-state index in [1.807, 2.05) is 60.8 Å². The van der Waals surface area contributed by atoms with Crippen molar-refractivity contribution in [1.29, 1.82) is 0 Å². The van der Waals surface area contributed by atoms with Crippen LogP contribution in [0.5, 0.6) is 17.2 Å². The van der Waals surface area contributed by atoms with Gasteiger partial charge < -0.3 is 14.2 Å². The number of ether oxygens (including phenoxy) is 3. The van der Waals surface area contributed by atoms with Crippen molar-refractivity contribution in [2.24, 2.45) is 0 Å². The fraction of sp³-hybridized carbons (Fsp3) is 0.160. The molecule has 0 saturated heterocycles. The van der Waals surface area contributed by atoms with E-state index in [0.717, 1.165) is 11.4 Å². The molecule has 168 valence electrons. The first-order valence-electron chi connectivity index (χ1n) is 10.5. The van der Waals surface area contributed by atoms with E-state index in [1.165, 1.54) is 11.3 Å². The number of pyridine rings is 1. The van der Waals surface area contributed by atoms with Crippen LogP contribution in [0.1, 0.15) is 17.3 Å². The molecule has 2 heterocycles. The van der Waals surface area contributed by atoms with E-state index in [2.05, 4.69) is 15.3 Å². The molecule has 0 aliphatic heterocycles. The Morgan fingerprint density at radius 1 is 0.909 bits per heavy atom. The Balaban J connectivity index is 1.38. The van der Waals surface area contributed by atoms with Crippen LogP contribution in [0.25, 0.3) is 11.4 Å². The van der Waals surface area contributed by atoms with E-state index < -0.39 is 0 Å². The van der Waals surface area contributed by atoms with Crippen LogP contribution in [0.15, 0.2) is 78.3 Å². The second-order valence-electron chi connectivity index (χ2n) is 6.81. The predicted octanol–water partition coefficient (Wildman–Crippen LogP) is 5.31. The van der Waals surface area contributed by atoms with Crippen molar-refractivity contribution < 1.29 is 19.0 Å². The predicted molar refractivity (Wildman–Crippen MR) is 128 cm³/mol. The zero-order valence-corrected chi connectivity index (χ0v) is 18.9. The Kier molecular flexibility index (Phi) is 7.50. The summed E-state index contributed by atoms with van der Waals surface area (Å²) in [6.07, 6.45) is 1.71. The summed E-state index contributed by atoms with van der Waals surface area (Å²) in [6, 6.07) is 20.2. The summed E-state index contributed by atoms with van der Waals surface area (Å²) in [6.45, 7) is 3.06. The van der Waals surface area contributed by atoms with Gasteiger partial charge in [-0.2, -0.15) is 0 Å². The Morgan fingerprint density at radius 3 is 2.52 bits per heavy atom. The number of carbonyl (C=O) groups excluding carboxylic acids is 1. The summed E-state index contributed by atoms with van der Waals surface area (Å²) >= 11 is 1.34. The van der Waals surface area contributed by atoms with E-state index in [4.69, 9.17) is 14.2 Å². The molecule has 4 rings (SSSR count). The second kappa shape index (κ2) is 11.1. The molecule has 33 heavy (non-hydrogen) atoms. The van der Waals surface area contributed by atoms with Gasteiger partial charge in [0.25, 0.3) is 5.91 Å². The molecule has 1 amide bonds. The molecular formula is C25H23N3O4S. The molecule has 0 aliphatic rings. The number of carbonyl (C=O) groups is 1. The summed E-state index contributed by atoms with van der Waals surface area (Å²) < 4.78 is 17.2. The van der Waals surface area contributed by atoms with Crippen LogP contribution in [-0.4, -0.2) is 35.7 Å². The molecule has 8 heteroatoms. The summed E-state index contributed by atoms with van der Waals surface area (Å²) in [7, 11) is 0. The maximum atomic E-state index is 12.8. The van der Waals surface area contributed by atoms with Crippen molar-refractivity contribution in [2.75, 3.05) is 25.1 Å². The number of aromatic nitrogens is 2. The Morgan fingerprint density at radius 2 is 1.73 bits per heavy atom. The lowest BCUT2D eigenvalue weighted by molar-refractivity contribution is 0.102. The van der Waals surface area contributed by atoms with Crippen LogP contribution in [0.3, 0.4) is 0 Å². The number of hydrogen-bond donors (Lipinski definition) is 1. The smallest absolute Gasteiger partial charge is 0.257 e. The monoisotopic (exact) mass is 461 g/mol. The van der Waals surface area contributed by atoms with Gasteiger partial charge in [-0.1, -0.05) is 24.3 Å². The average molecular weight is 462 g/mol. The Labute approximate surface area is 196 Å². The number of para-hydroxylation sites is 1. The highest BCUT2D eigenvalue weighted by atomic mass is 32.1. The number of benzene rings is 2. The average Bonchev–Trinajstić information content (AvgIpc) is 3.32. The Hall–Kier alpha value is -3.91. The highest BCUT2D eigenvalue weighted by Crippen LogP contribution is 2.29. The standard InChI is InChI=1S/C25H23N3O4S/c1-2-30-23-16-18(11-12-22(23)32-15-14-31-19-8-4-3-5-9-19)24(29)28-25-27-21(17-33-25)20-10-6-7-13-26-20/h3-13,16-17H,2,14-15H2,1H3,(H,27,28,29). The minimum Gasteiger partial charge on any atom is -0.490 e. The number of nitrogens with one attached hydrogen (secondary N) is 1. The number of hydrogen-bond acceptors (Lipinski definition) is 7. The van der Waals surface area contributed by atoms with E-state index in [9.17, 15) is 4.79 Å². The molecule has 0 bridgehead atoms. The summed E-state index contributed by atoms with van der Waals surface area (Å²) in [5.74, 6) is 1.55. The van der Waals surface area contributed by atoms with Gasteiger partial charge in [-0.15, -0.1) is 11.3 Å². The number of thiazole rings is 1. The zero-order valence-electron chi connectivity index (χ0n) is 18.1. The van der Waals surface area contributed by atoms with Crippen LogP contribution in [0.2, 0.25) is 0 Å². The first-order valence-corrected chi connectivity index (χ1v) is 11.4. The van der Waals surface area contributed by atoms with Gasteiger partial charge in [-0.05, 0) is 49.4 Å². The number of anilines is 1. The van der Waals surface area contributed by atoms with Crippen LogP contribution in [0, 0.1) is 0 Å². The van der Waals surface area contributed by atoms with E-state index in [-0.39, 0.29) is 5.91 Å². The minimum absolute atomic E-state index is 0.281. The third-order valence-electron chi connectivity index (χ3n) is 4.51. The molecular weight excluding hydrogens is 438 g/mol. The number of rotatable bonds is 10. The molecule has 0 saturated carbocycles. The van der Waals surface area contributed by atoms with Crippen LogP contribution < -0.4 is 19.5 Å². The fourth-order valence-electron chi connectivity index (χ4n) is 3.00. The number of nitrogens with zero attached hydrogens (tertiary/aromatic N) is 2. The van der Waals surface area contributed by atoms with E-state index >= 15 is 0 Å². The molecule has 1 N–H and O–H groups in total. The van der Waals surface area contributed by atoms with Crippen molar-refractivity contribution >= 4 is 22.4 Å². The molecule has 0 atom stereocenters. The molecule has 0 unspecified atom stereocenters. The SMILES string of the molecule is CCOc1cc(C(=O)Nc2nc(-c3ccccn3)cs2)ccc1OCCOc1ccccc1. The van der Waals surface area contributed by atoms with Gasteiger partial charge in [0.05, 0.1) is 12.3 Å². The van der Waals surface area contributed by atoms with Gasteiger partial charge >= 0.3 is 0 Å². The highest BCUT2D eigenvalue weighted by molar-refractivity contribution is 7.14. The third-order valence-corrected chi connectivity index (χ3v) is 5.27. The van der Waals surface area contributed by atoms with Crippen LogP contribution in [0.4, 0.5) is 5.13 Å². The molecule has 0 aliphatic carbocycles. The first-order chi connectivity index (χ1) is 16.2. The van der Waals surface area contributed by atoms with Crippen molar-refractivity contribution in [2.45, 2.75) is 6.92 Å². The van der Waals surface area contributed by atoms with Crippen LogP contribution >= 0.6 is 11.3 Å². The van der Waals surface area contributed by atoms with E-state index in [1.54, 1.807) is 24.4 Å². The van der Waals surface area contributed by atoms with Gasteiger partial charge in [0.2, 0.25) is 0 Å². The molecule has 2 aromatic heterocycles. The maximum Gasteiger partial charge on any atom is 0.257 e. The van der Waals surface area contributed by atoms with Gasteiger partial charge in [0, 0.05) is 17.1 Å². The normalized spacial score (nSPS) is 10.5. The lowest BCUT2D eigenvalue weighted by atomic mass is 10.2. The van der Waals surface area contributed by atoms with Crippen LogP contribution in [-0.2, 0) is 0 Å². The van der Waals surface area contributed by atoms with Gasteiger partial charge in [-0.25, -0.2) is 4.98 Å². The largest absolute Gasteiger partial charge is 0.490 e. The molecule has 0 radical (unpaired) electrons. The van der Waals surface area contributed by atoms with Gasteiger partial charge in [0.1, 0.15) is 24.7 Å². The molecule has 0 fully saturated rings. The lowest BCUT2D eigenvalue weighted by Gasteiger charge is -2.13. The highest BCUT2D eigenvalue weighted by Gasteiger charge is 2.14. The summed E-state index contributed by atoms with van der Waals surface area (Å²) in [5.41, 5.74) is 1.92. The summed E-state index contributed by atoms with van der Waals surface area (Å²) in [4.78, 5) is 21.5. The topological polar surface area (TPSA) is 82.6 Å². The zero-order chi connectivity index (χ0) is 22.9. The van der Waals surface area contributed by atoms with Crippen molar-refractivity contribution in [3.8, 4) is 28.6 Å². The first kappa shape index (κ1) is 22.3. The quantitative estimate of drug-likeness (QED) is 0.322. The maximum absolute atomic E-state index is 12.8. The molecule has 2 aromatic carbocycles. The Bertz CT molecular complexity index is 1180. The minimum atomic E-state index is -0.281. The van der Waals surface area contributed by atoms with Crippen molar-refractivity contribution in [3.63, 3.8) is 0 Å². The lowest BCUT2D eigenvalue weighted by Crippen LogP contribution is -2.13. The van der Waals surface area contributed by atoms with E-state index in [0.29, 0.717) is 47.7 Å². The van der Waals surface area contributed by atoms with Crippen molar-refractivity contribution in [1.82, 2.24) is 9.97 Å². The van der Waals surface area contributed by atoms with Gasteiger partial charge in [0.15, 0.2) is 16.6 Å². The summed E-state index contributed by atoms with van der Waals surface area (Å²) in [5, 5.41) is 5.19. The fourth-order valence-corrected chi connectivity index (χ4v) is 3.70. The van der Waals surface area contributed by atoms with Gasteiger partial charge in [-0.3, -0.25) is 15.1 Å². The molecule has 4 aromatic rings. The van der Waals surface area contributed by atoms with Crippen molar-refractivity contribution in [3.05, 3.63) is 83.9 Å². The molecule has 7 nitrogen and oxygen atoms in total.